The number of para-hydroxylation sites is 1. The van der Waals surface area contributed by atoms with E-state index in [1.54, 1.807) is 6.20 Å². The van der Waals surface area contributed by atoms with Crippen molar-refractivity contribution in [3.63, 3.8) is 0 Å². The Hall–Kier alpha value is -2.25. The molecule has 1 heterocycles. The number of hydrogen-bond acceptors (Lipinski definition) is 3. The summed E-state index contributed by atoms with van der Waals surface area (Å²) in [5.74, 6) is 4.30. The summed E-state index contributed by atoms with van der Waals surface area (Å²) >= 11 is 0. The lowest BCUT2D eigenvalue weighted by molar-refractivity contribution is 0.365. The summed E-state index contributed by atoms with van der Waals surface area (Å²) in [6.45, 7) is 1.90. The molecule has 4 nitrogen and oxygen atoms in total. The number of imidazole rings is 1. The van der Waals surface area contributed by atoms with Gasteiger partial charge in [-0.3, -0.25) is 0 Å². The molecule has 0 aliphatic carbocycles. The average Bonchev–Trinajstić information content (AvgIpc) is 2.95. The molecule has 0 unspecified atom stereocenters. The Labute approximate surface area is 113 Å². The van der Waals surface area contributed by atoms with Gasteiger partial charge < -0.3 is 15.0 Å². The highest BCUT2D eigenvalue weighted by Crippen LogP contribution is 2.17. The maximum atomic E-state index is 5.49. The van der Waals surface area contributed by atoms with E-state index in [0.29, 0.717) is 6.61 Å². The van der Waals surface area contributed by atoms with Gasteiger partial charge in [-0.05, 0) is 6.07 Å². The number of H-pyrrole nitrogens is 1. The molecule has 0 aliphatic rings. The van der Waals surface area contributed by atoms with Gasteiger partial charge in [-0.2, -0.15) is 0 Å². The minimum atomic E-state index is 0.295. The Kier molecular flexibility index (Phi) is 5.03. The molecule has 1 aromatic carbocycles. The van der Waals surface area contributed by atoms with Crippen molar-refractivity contribution in [1.82, 2.24) is 15.3 Å². The number of benzene rings is 1. The van der Waals surface area contributed by atoms with Crippen LogP contribution in [0.1, 0.15) is 11.4 Å². The molecule has 0 atom stereocenters. The Morgan fingerprint density at radius 2 is 2.26 bits per heavy atom. The lowest BCUT2D eigenvalue weighted by atomic mass is 10.2. The molecule has 19 heavy (non-hydrogen) atoms. The molecule has 0 radical (unpaired) electrons. The number of ether oxygens (including phenoxy) is 1. The zero-order chi connectivity index (χ0) is 13.3. The van der Waals surface area contributed by atoms with E-state index in [9.17, 15) is 0 Å². The van der Waals surface area contributed by atoms with E-state index in [1.807, 2.05) is 30.5 Å². The molecule has 2 aromatic rings. The van der Waals surface area contributed by atoms with Crippen LogP contribution in [-0.4, -0.2) is 23.1 Å². The predicted molar refractivity (Wildman–Crippen MR) is 74.8 cm³/mol. The summed E-state index contributed by atoms with van der Waals surface area (Å²) in [5.41, 5.74) is 1.11. The van der Waals surface area contributed by atoms with Gasteiger partial charge >= 0.3 is 0 Å². The van der Waals surface area contributed by atoms with Gasteiger partial charge in [-0.15, -0.1) is 6.42 Å². The lowest BCUT2D eigenvalue weighted by Gasteiger charge is -2.10. The van der Waals surface area contributed by atoms with E-state index in [2.05, 4.69) is 21.2 Å². The number of hydrogen-bond donors (Lipinski definition) is 2. The minimum Gasteiger partial charge on any atom is -0.481 e. The van der Waals surface area contributed by atoms with Crippen LogP contribution in [-0.2, 0) is 13.0 Å². The second-order valence-electron chi connectivity index (χ2n) is 4.06. The van der Waals surface area contributed by atoms with E-state index in [-0.39, 0.29) is 0 Å². The Morgan fingerprint density at radius 1 is 1.37 bits per heavy atom. The lowest BCUT2D eigenvalue weighted by Crippen LogP contribution is -2.17. The van der Waals surface area contributed by atoms with Crippen molar-refractivity contribution in [2.24, 2.45) is 0 Å². The molecule has 0 spiro atoms. The van der Waals surface area contributed by atoms with Crippen LogP contribution in [0.2, 0.25) is 0 Å². The highest BCUT2D eigenvalue weighted by molar-refractivity contribution is 5.33. The van der Waals surface area contributed by atoms with Gasteiger partial charge in [-0.25, -0.2) is 4.98 Å². The fraction of sp³-hybridized carbons (Fsp3) is 0.267. The molecule has 0 fully saturated rings. The highest BCUT2D eigenvalue weighted by atomic mass is 16.5. The average molecular weight is 255 g/mol. The van der Waals surface area contributed by atoms with Gasteiger partial charge in [0.1, 0.15) is 18.2 Å². The second-order valence-corrected chi connectivity index (χ2v) is 4.06. The number of nitrogens with zero attached hydrogens (tertiary/aromatic N) is 1. The van der Waals surface area contributed by atoms with Crippen molar-refractivity contribution < 1.29 is 4.74 Å². The van der Waals surface area contributed by atoms with E-state index in [4.69, 9.17) is 11.2 Å². The molecular weight excluding hydrogens is 238 g/mol. The molecule has 1 aromatic heterocycles. The zero-order valence-electron chi connectivity index (χ0n) is 10.7. The van der Waals surface area contributed by atoms with Crippen molar-refractivity contribution in [3.8, 4) is 18.1 Å². The van der Waals surface area contributed by atoms with Crippen LogP contribution in [0, 0.1) is 12.3 Å². The Bertz CT molecular complexity index is 529. The maximum Gasteiger partial charge on any atom is 0.148 e. The van der Waals surface area contributed by atoms with Crippen molar-refractivity contribution in [2.45, 2.75) is 13.0 Å². The van der Waals surface area contributed by atoms with E-state index in [0.717, 1.165) is 36.6 Å². The topological polar surface area (TPSA) is 49.9 Å². The summed E-state index contributed by atoms with van der Waals surface area (Å²) in [6, 6.07) is 7.90. The van der Waals surface area contributed by atoms with Crippen molar-refractivity contribution in [1.29, 1.82) is 0 Å². The van der Waals surface area contributed by atoms with Gasteiger partial charge in [0, 0.05) is 37.5 Å². The first kappa shape index (κ1) is 13.2. The molecule has 0 saturated heterocycles. The van der Waals surface area contributed by atoms with Crippen LogP contribution in [0.4, 0.5) is 0 Å². The first-order valence-corrected chi connectivity index (χ1v) is 6.23. The second kappa shape index (κ2) is 7.24. The van der Waals surface area contributed by atoms with Crippen LogP contribution in [0.25, 0.3) is 0 Å². The summed E-state index contributed by atoms with van der Waals surface area (Å²) in [7, 11) is 0. The minimum absolute atomic E-state index is 0.295. The van der Waals surface area contributed by atoms with Gasteiger partial charge in [0.05, 0.1) is 0 Å². The monoisotopic (exact) mass is 255 g/mol. The molecule has 0 amide bonds. The molecule has 2 N–H and O–H groups in total. The summed E-state index contributed by atoms with van der Waals surface area (Å²) in [4.78, 5) is 7.25. The number of aromatic amines is 1. The Morgan fingerprint density at radius 3 is 3.05 bits per heavy atom. The van der Waals surface area contributed by atoms with Gasteiger partial charge in [-0.1, -0.05) is 24.1 Å². The predicted octanol–water partition coefficient (Wildman–Crippen LogP) is 1.75. The van der Waals surface area contributed by atoms with Crippen LogP contribution in [0.5, 0.6) is 5.75 Å². The van der Waals surface area contributed by atoms with E-state index >= 15 is 0 Å². The smallest absolute Gasteiger partial charge is 0.148 e. The quantitative estimate of drug-likeness (QED) is 0.585. The Balaban J connectivity index is 1.80. The normalized spacial score (nSPS) is 10.1. The van der Waals surface area contributed by atoms with Gasteiger partial charge in [0.2, 0.25) is 0 Å². The van der Waals surface area contributed by atoms with Crippen LogP contribution in [0.15, 0.2) is 36.7 Å². The number of aromatic nitrogens is 2. The third kappa shape index (κ3) is 4.16. The van der Waals surface area contributed by atoms with Crippen molar-refractivity contribution in [3.05, 3.63) is 48.0 Å². The van der Waals surface area contributed by atoms with Crippen molar-refractivity contribution >= 4 is 0 Å². The molecule has 2 rings (SSSR count). The molecule has 0 saturated carbocycles. The van der Waals surface area contributed by atoms with Crippen LogP contribution in [0.3, 0.4) is 0 Å². The third-order valence-corrected chi connectivity index (χ3v) is 2.69. The number of terminal acetylenes is 1. The SMILES string of the molecule is C#CCOc1ccccc1CNCCc1ncc[nH]1. The first-order valence-electron chi connectivity index (χ1n) is 6.23. The number of rotatable bonds is 7. The number of nitrogens with one attached hydrogen (secondary N) is 2. The van der Waals surface area contributed by atoms with Gasteiger partial charge in [0.25, 0.3) is 0 Å². The van der Waals surface area contributed by atoms with E-state index < -0.39 is 0 Å². The van der Waals surface area contributed by atoms with Crippen molar-refractivity contribution in [2.75, 3.05) is 13.2 Å². The molecule has 0 aliphatic heterocycles. The standard InChI is InChI=1S/C15H17N3O/c1-2-11-19-14-6-4-3-5-13(14)12-16-8-7-15-17-9-10-18-15/h1,3-6,9-10,16H,7-8,11-12H2,(H,17,18). The first-order chi connectivity index (χ1) is 9.40. The maximum absolute atomic E-state index is 5.49. The molecule has 98 valence electrons. The summed E-state index contributed by atoms with van der Waals surface area (Å²) < 4.78 is 5.49. The highest BCUT2D eigenvalue weighted by Gasteiger charge is 2.02. The van der Waals surface area contributed by atoms with Crippen LogP contribution >= 0.6 is 0 Å². The molecule has 0 bridgehead atoms. The molecule has 4 heteroatoms. The third-order valence-electron chi connectivity index (χ3n) is 2.69. The summed E-state index contributed by atoms with van der Waals surface area (Å²) in [6.07, 6.45) is 9.67. The fourth-order valence-corrected chi connectivity index (χ4v) is 1.77. The summed E-state index contributed by atoms with van der Waals surface area (Å²) in [5, 5.41) is 3.37. The molecular formula is C15H17N3O. The fourth-order valence-electron chi connectivity index (χ4n) is 1.77. The largest absolute Gasteiger partial charge is 0.481 e. The van der Waals surface area contributed by atoms with Crippen LogP contribution < -0.4 is 10.1 Å². The van der Waals surface area contributed by atoms with Gasteiger partial charge in [0.15, 0.2) is 0 Å². The zero-order valence-corrected chi connectivity index (χ0v) is 10.7. The van der Waals surface area contributed by atoms with E-state index in [1.165, 1.54) is 0 Å².